The first kappa shape index (κ1) is 33.9. The molecule has 1 fully saturated rings. The van der Waals surface area contributed by atoms with Crippen molar-refractivity contribution >= 4 is 48.6 Å². The summed E-state index contributed by atoms with van der Waals surface area (Å²) in [4.78, 5) is 2.58. The molecule has 1 saturated carbocycles. The molecule has 1 heterocycles. The minimum Gasteiger partial charge on any atom is -0.309 e. The summed E-state index contributed by atoms with van der Waals surface area (Å²) in [6, 6.07) is 44.9. The van der Waals surface area contributed by atoms with Gasteiger partial charge in [-0.3, -0.25) is 0 Å². The van der Waals surface area contributed by atoms with Gasteiger partial charge in [-0.05, 0) is 110 Å². The average Bonchev–Trinajstić information content (AvgIpc) is 3.75. The van der Waals surface area contributed by atoms with E-state index in [2.05, 4.69) is 169 Å². The van der Waals surface area contributed by atoms with E-state index in [1.807, 2.05) is 11.3 Å². The molecule has 7 aromatic rings. The highest BCUT2D eigenvalue weighted by Crippen LogP contribution is 2.55. The van der Waals surface area contributed by atoms with E-state index < -0.39 is 0 Å². The van der Waals surface area contributed by atoms with E-state index in [0.717, 1.165) is 0 Å². The molecule has 0 atom stereocenters. The van der Waals surface area contributed by atoms with Gasteiger partial charge in [-0.2, -0.15) is 0 Å². The van der Waals surface area contributed by atoms with E-state index in [9.17, 15) is 0 Å². The highest BCUT2D eigenvalue weighted by atomic mass is 32.1. The Balaban J connectivity index is 1.19. The maximum atomic E-state index is 2.58. The van der Waals surface area contributed by atoms with Gasteiger partial charge in [0.25, 0.3) is 0 Å². The Hall–Kier alpha value is -4.66. The maximum absolute atomic E-state index is 2.58. The van der Waals surface area contributed by atoms with Gasteiger partial charge in [0.15, 0.2) is 0 Å². The smallest absolute Gasteiger partial charge is 0.0640 e. The minimum absolute atomic E-state index is 0.0849. The van der Waals surface area contributed by atoms with Crippen LogP contribution < -0.4 is 4.90 Å². The Labute approximate surface area is 325 Å². The van der Waals surface area contributed by atoms with Crippen LogP contribution in [0, 0.1) is 0 Å². The summed E-state index contributed by atoms with van der Waals surface area (Å²) < 4.78 is 2.86. The Morgan fingerprint density at radius 3 is 1.76 bits per heavy atom. The Morgan fingerprint density at radius 1 is 0.537 bits per heavy atom. The molecule has 3 aliphatic carbocycles. The number of thiophene rings is 1. The Kier molecular flexibility index (Phi) is 7.48. The normalized spacial score (nSPS) is 17.0. The zero-order chi connectivity index (χ0) is 37.1. The van der Waals surface area contributed by atoms with Crippen LogP contribution in [0.1, 0.15) is 120 Å². The molecule has 3 aliphatic rings. The summed E-state index contributed by atoms with van der Waals surface area (Å²) in [7, 11) is 0. The number of hydrogen-bond acceptors (Lipinski definition) is 2. The van der Waals surface area contributed by atoms with E-state index in [1.165, 1.54) is 119 Å². The van der Waals surface area contributed by atoms with Crippen LogP contribution >= 0.6 is 11.3 Å². The largest absolute Gasteiger partial charge is 0.309 e. The van der Waals surface area contributed by atoms with Crippen LogP contribution in [0.5, 0.6) is 0 Å². The predicted molar refractivity (Wildman–Crippen MR) is 234 cm³/mol. The monoisotopic (exact) mass is 721 g/mol. The van der Waals surface area contributed by atoms with Gasteiger partial charge in [-0.15, -0.1) is 11.3 Å². The first-order valence-corrected chi connectivity index (χ1v) is 21.0. The lowest BCUT2D eigenvalue weighted by Crippen LogP contribution is -2.19. The second-order valence-corrected chi connectivity index (χ2v) is 19.4. The van der Waals surface area contributed by atoms with Gasteiger partial charge < -0.3 is 4.90 Å². The molecule has 10 rings (SSSR count). The molecular weight excluding hydrogens is 671 g/mol. The van der Waals surface area contributed by atoms with Crippen molar-refractivity contribution in [1.82, 2.24) is 0 Å². The lowest BCUT2D eigenvalue weighted by Gasteiger charge is -2.30. The fourth-order valence-electron chi connectivity index (χ4n) is 10.3. The molecule has 1 nitrogen and oxygen atoms in total. The number of hydrogen-bond donors (Lipinski definition) is 0. The van der Waals surface area contributed by atoms with Crippen LogP contribution in [0.15, 0.2) is 115 Å². The predicted octanol–water partition coefficient (Wildman–Crippen LogP) is 15.5. The van der Waals surface area contributed by atoms with Crippen LogP contribution in [0.4, 0.5) is 17.1 Å². The fraction of sp³-hybridized carbons (Fsp3) is 0.308. The number of benzene rings is 6. The molecule has 0 amide bonds. The van der Waals surface area contributed by atoms with Crippen LogP contribution in [0.3, 0.4) is 0 Å². The van der Waals surface area contributed by atoms with Gasteiger partial charge in [0.1, 0.15) is 0 Å². The Bertz CT molecular complexity index is 2640. The molecule has 0 saturated heterocycles. The number of rotatable bonds is 4. The lowest BCUT2D eigenvalue weighted by atomic mass is 9.79. The molecule has 54 heavy (non-hydrogen) atoms. The molecule has 0 bridgehead atoms. The van der Waals surface area contributed by atoms with Crippen LogP contribution in [0.2, 0.25) is 0 Å². The van der Waals surface area contributed by atoms with Gasteiger partial charge in [-0.25, -0.2) is 0 Å². The van der Waals surface area contributed by atoms with Crippen molar-refractivity contribution in [2.45, 2.75) is 103 Å². The summed E-state index contributed by atoms with van der Waals surface area (Å²) in [5.74, 6) is 0.662. The van der Waals surface area contributed by atoms with Gasteiger partial charge in [0.05, 0.1) is 10.4 Å². The highest BCUT2D eigenvalue weighted by molar-refractivity contribution is 7.26. The highest BCUT2D eigenvalue weighted by Gasteiger charge is 2.38. The molecule has 0 radical (unpaired) electrons. The molecule has 1 aromatic heterocycles. The first-order valence-electron chi connectivity index (χ1n) is 20.2. The molecular formula is C52H51NS. The van der Waals surface area contributed by atoms with E-state index in [4.69, 9.17) is 0 Å². The summed E-state index contributed by atoms with van der Waals surface area (Å²) in [5, 5.41) is 2.78. The van der Waals surface area contributed by atoms with Crippen molar-refractivity contribution < 1.29 is 0 Å². The maximum Gasteiger partial charge on any atom is 0.0640 e. The number of anilines is 3. The fourth-order valence-corrected chi connectivity index (χ4v) is 11.7. The molecule has 0 N–H and O–H groups in total. The SMILES string of the molecule is CC(C)(C)c1ccc2c(c1)C(C)(C)c1cc(N(c3ccc4c(c3)C(C)(C)c3ccccc3-4)c3cccc4c3sc3c(C5CCCCC5)cccc34)ccc1-2. The van der Waals surface area contributed by atoms with Crippen LogP contribution in [-0.2, 0) is 16.2 Å². The van der Waals surface area contributed by atoms with E-state index in [-0.39, 0.29) is 16.2 Å². The zero-order valence-corrected chi connectivity index (χ0v) is 33.8. The van der Waals surface area contributed by atoms with Gasteiger partial charge in [-0.1, -0.05) is 153 Å². The second kappa shape index (κ2) is 11.9. The van der Waals surface area contributed by atoms with Crippen LogP contribution in [0.25, 0.3) is 42.4 Å². The molecule has 0 unspecified atom stereocenters. The average molecular weight is 722 g/mol. The third-order valence-corrected chi connectivity index (χ3v) is 14.7. The van der Waals surface area contributed by atoms with Gasteiger partial charge >= 0.3 is 0 Å². The van der Waals surface area contributed by atoms with Crippen molar-refractivity contribution in [3.63, 3.8) is 0 Å². The number of nitrogens with zero attached hydrogens (tertiary/aromatic N) is 1. The molecule has 0 spiro atoms. The van der Waals surface area contributed by atoms with E-state index >= 15 is 0 Å². The second-order valence-electron chi connectivity index (χ2n) is 18.4. The Morgan fingerprint density at radius 2 is 1.09 bits per heavy atom. The summed E-state index contributed by atoms with van der Waals surface area (Å²) in [5.41, 5.74) is 17.7. The molecule has 2 heteroatoms. The minimum atomic E-state index is -0.117. The summed E-state index contributed by atoms with van der Waals surface area (Å²) in [6.07, 6.45) is 6.69. The van der Waals surface area contributed by atoms with Crippen molar-refractivity contribution in [2.24, 2.45) is 0 Å². The van der Waals surface area contributed by atoms with Gasteiger partial charge in [0, 0.05) is 37.7 Å². The van der Waals surface area contributed by atoms with E-state index in [0.29, 0.717) is 5.92 Å². The first-order chi connectivity index (χ1) is 25.9. The molecule has 0 aliphatic heterocycles. The third-order valence-electron chi connectivity index (χ3n) is 13.4. The number of fused-ring (bicyclic) bond motifs is 9. The molecule has 6 aromatic carbocycles. The standard InChI is InChI=1S/C52H51NS/c1-50(2,3)33-23-26-38-40-28-25-35(31-46(40)52(6,7)44(38)29-33)53(34-24-27-39-37-17-11-12-21-43(37)51(4,5)45(39)30-34)47-22-14-20-42-41-19-13-18-36(48(41)54-49(42)47)32-15-9-8-10-16-32/h11-14,17-32H,8-10,15-16H2,1-7H3. The van der Waals surface area contributed by atoms with Gasteiger partial charge in [0.2, 0.25) is 0 Å². The van der Waals surface area contributed by atoms with Crippen molar-refractivity contribution in [3.05, 3.63) is 149 Å². The van der Waals surface area contributed by atoms with Crippen LogP contribution in [-0.4, -0.2) is 0 Å². The summed E-state index contributed by atoms with van der Waals surface area (Å²) >= 11 is 2.02. The molecule has 270 valence electrons. The van der Waals surface area contributed by atoms with Crippen molar-refractivity contribution in [3.8, 4) is 22.3 Å². The van der Waals surface area contributed by atoms with Crippen molar-refractivity contribution in [1.29, 1.82) is 0 Å². The third kappa shape index (κ3) is 4.95. The van der Waals surface area contributed by atoms with Crippen molar-refractivity contribution in [2.75, 3.05) is 4.90 Å². The topological polar surface area (TPSA) is 3.24 Å². The zero-order valence-electron chi connectivity index (χ0n) is 32.9. The quantitative estimate of drug-likeness (QED) is 0.175. The van der Waals surface area contributed by atoms with E-state index in [1.54, 1.807) is 5.56 Å². The summed E-state index contributed by atoms with van der Waals surface area (Å²) in [6.45, 7) is 16.6. The lowest BCUT2D eigenvalue weighted by molar-refractivity contribution is 0.446.